The number of rotatable bonds is 8. The molecule has 0 saturated heterocycles. The van der Waals surface area contributed by atoms with Crippen molar-refractivity contribution in [1.82, 2.24) is 0 Å². The molecule has 0 aliphatic heterocycles. The van der Waals surface area contributed by atoms with Crippen LogP contribution in [0.5, 0.6) is 0 Å². The molecule has 4 heteroatoms. The summed E-state index contributed by atoms with van der Waals surface area (Å²) >= 11 is 0. The average Bonchev–Trinajstić information content (AvgIpc) is 2.68. The van der Waals surface area contributed by atoms with E-state index in [4.69, 9.17) is 9.47 Å². The summed E-state index contributed by atoms with van der Waals surface area (Å²) in [7, 11) is 0. The Labute approximate surface area is 161 Å². The van der Waals surface area contributed by atoms with Crippen LogP contribution in [0.2, 0.25) is 0 Å². The third-order valence-electron chi connectivity index (χ3n) is 4.96. The van der Waals surface area contributed by atoms with Crippen molar-refractivity contribution in [2.24, 2.45) is 11.8 Å². The fraction of sp³-hybridized carbons (Fsp3) is 0.391. The van der Waals surface area contributed by atoms with Gasteiger partial charge in [0.2, 0.25) is 0 Å². The first kappa shape index (κ1) is 20.7. The van der Waals surface area contributed by atoms with Gasteiger partial charge in [0.25, 0.3) is 0 Å². The van der Waals surface area contributed by atoms with Crippen molar-refractivity contribution in [2.45, 2.75) is 46.3 Å². The molecule has 0 N–H and O–H groups in total. The normalized spacial score (nSPS) is 15.3. The number of carbonyl (C=O) groups excluding carboxylic acids is 2. The number of hydrogen-bond acceptors (Lipinski definition) is 4. The zero-order chi connectivity index (χ0) is 19.8. The van der Waals surface area contributed by atoms with Crippen LogP contribution in [0.1, 0.15) is 54.8 Å². The van der Waals surface area contributed by atoms with Gasteiger partial charge < -0.3 is 9.47 Å². The van der Waals surface area contributed by atoms with E-state index in [1.54, 1.807) is 24.3 Å². The van der Waals surface area contributed by atoms with Crippen LogP contribution in [0.15, 0.2) is 60.7 Å². The van der Waals surface area contributed by atoms with Gasteiger partial charge in [-0.3, -0.25) is 0 Å². The van der Waals surface area contributed by atoms with Crippen molar-refractivity contribution in [3.8, 4) is 0 Å². The van der Waals surface area contributed by atoms with Crippen molar-refractivity contribution >= 4 is 11.9 Å². The van der Waals surface area contributed by atoms with Crippen molar-refractivity contribution in [2.75, 3.05) is 0 Å². The molecule has 0 heterocycles. The van der Waals surface area contributed by atoms with E-state index >= 15 is 0 Å². The van der Waals surface area contributed by atoms with Crippen LogP contribution in [-0.4, -0.2) is 24.1 Å². The van der Waals surface area contributed by atoms with Crippen LogP contribution in [0.25, 0.3) is 0 Å². The molecule has 0 saturated carbocycles. The lowest BCUT2D eigenvalue weighted by Gasteiger charge is -2.28. The van der Waals surface area contributed by atoms with Gasteiger partial charge in [0.15, 0.2) is 0 Å². The molecule has 2 aromatic rings. The molecule has 2 rings (SSSR count). The second kappa shape index (κ2) is 9.91. The van der Waals surface area contributed by atoms with Crippen LogP contribution in [0.3, 0.4) is 0 Å². The molecule has 0 aliphatic rings. The molecule has 0 aliphatic carbocycles. The molecule has 0 fully saturated rings. The number of ether oxygens (including phenoxy) is 2. The second-order valence-electron chi connectivity index (χ2n) is 7.13. The van der Waals surface area contributed by atoms with Crippen LogP contribution >= 0.6 is 0 Å². The zero-order valence-corrected chi connectivity index (χ0v) is 16.4. The molecule has 2 aromatic carbocycles. The molecule has 144 valence electrons. The van der Waals surface area contributed by atoms with Crippen molar-refractivity contribution in [3.63, 3.8) is 0 Å². The Balaban J connectivity index is 1.84. The SMILES string of the molecule is CC(CC(C)C(C)C(C)OC(=O)c1ccccc1)OC(=O)c1ccccc1. The summed E-state index contributed by atoms with van der Waals surface area (Å²) in [6.45, 7) is 7.94. The first-order chi connectivity index (χ1) is 12.9. The molecular formula is C23H28O4. The Morgan fingerprint density at radius 3 is 1.67 bits per heavy atom. The summed E-state index contributed by atoms with van der Waals surface area (Å²) in [6.07, 6.45) is 0.254. The number of benzene rings is 2. The molecule has 0 bridgehead atoms. The van der Waals surface area contributed by atoms with Crippen LogP contribution < -0.4 is 0 Å². The maximum atomic E-state index is 12.2. The maximum Gasteiger partial charge on any atom is 0.338 e. The fourth-order valence-electron chi connectivity index (χ4n) is 2.99. The van der Waals surface area contributed by atoms with Gasteiger partial charge in [-0.25, -0.2) is 9.59 Å². The Hall–Kier alpha value is -2.62. The van der Waals surface area contributed by atoms with E-state index in [2.05, 4.69) is 13.8 Å². The van der Waals surface area contributed by atoms with Crippen LogP contribution in [0.4, 0.5) is 0 Å². The van der Waals surface area contributed by atoms with Gasteiger partial charge in [-0.1, -0.05) is 50.2 Å². The van der Waals surface area contributed by atoms with Gasteiger partial charge in [0, 0.05) is 0 Å². The molecule has 4 unspecified atom stereocenters. The van der Waals surface area contributed by atoms with E-state index in [-0.39, 0.29) is 36.0 Å². The van der Waals surface area contributed by atoms with E-state index in [1.165, 1.54) is 0 Å². The smallest absolute Gasteiger partial charge is 0.338 e. The van der Waals surface area contributed by atoms with Crippen molar-refractivity contribution in [1.29, 1.82) is 0 Å². The average molecular weight is 368 g/mol. The lowest BCUT2D eigenvalue weighted by molar-refractivity contribution is 0.00562. The van der Waals surface area contributed by atoms with Gasteiger partial charge in [-0.15, -0.1) is 0 Å². The predicted octanol–water partition coefficient (Wildman–Crippen LogP) is 5.14. The van der Waals surface area contributed by atoms with E-state index in [0.717, 1.165) is 0 Å². The lowest BCUT2D eigenvalue weighted by atomic mass is 9.87. The Morgan fingerprint density at radius 1 is 0.741 bits per heavy atom. The van der Waals surface area contributed by atoms with Gasteiger partial charge in [0.1, 0.15) is 6.10 Å². The molecule has 4 atom stereocenters. The Kier molecular flexibility index (Phi) is 7.59. The third kappa shape index (κ3) is 6.24. The van der Waals surface area contributed by atoms with E-state index in [1.807, 2.05) is 50.2 Å². The summed E-state index contributed by atoms with van der Waals surface area (Å²) in [4.78, 5) is 24.4. The van der Waals surface area contributed by atoms with Gasteiger partial charge >= 0.3 is 11.9 Å². The highest BCUT2D eigenvalue weighted by molar-refractivity contribution is 5.89. The third-order valence-corrected chi connectivity index (χ3v) is 4.96. The Morgan fingerprint density at radius 2 is 1.19 bits per heavy atom. The minimum Gasteiger partial charge on any atom is -0.459 e. The molecule has 0 radical (unpaired) electrons. The molecule has 0 spiro atoms. The molecule has 0 amide bonds. The lowest BCUT2D eigenvalue weighted by Crippen LogP contribution is -2.29. The van der Waals surface area contributed by atoms with Crippen LogP contribution in [0, 0.1) is 11.8 Å². The summed E-state index contributed by atoms with van der Waals surface area (Å²) in [5.74, 6) is -0.269. The zero-order valence-electron chi connectivity index (χ0n) is 16.4. The minimum absolute atomic E-state index is 0.135. The number of hydrogen-bond donors (Lipinski definition) is 0. The largest absolute Gasteiger partial charge is 0.459 e. The van der Waals surface area contributed by atoms with E-state index in [0.29, 0.717) is 17.5 Å². The predicted molar refractivity (Wildman–Crippen MR) is 106 cm³/mol. The summed E-state index contributed by atoms with van der Waals surface area (Å²) in [5, 5.41) is 0. The van der Waals surface area contributed by atoms with E-state index < -0.39 is 0 Å². The summed E-state index contributed by atoms with van der Waals surface area (Å²) in [6, 6.07) is 18.0. The maximum absolute atomic E-state index is 12.2. The minimum atomic E-state index is -0.314. The number of carbonyl (C=O) groups is 2. The first-order valence-electron chi connectivity index (χ1n) is 9.40. The fourth-order valence-corrected chi connectivity index (χ4v) is 2.99. The van der Waals surface area contributed by atoms with Gasteiger partial charge in [-0.05, 0) is 56.4 Å². The quantitative estimate of drug-likeness (QED) is 0.606. The highest BCUT2D eigenvalue weighted by atomic mass is 16.5. The molecule has 0 aromatic heterocycles. The van der Waals surface area contributed by atoms with E-state index in [9.17, 15) is 9.59 Å². The first-order valence-corrected chi connectivity index (χ1v) is 9.40. The molecule has 27 heavy (non-hydrogen) atoms. The summed E-state index contributed by atoms with van der Waals surface area (Å²) in [5.41, 5.74) is 1.10. The molecular weight excluding hydrogens is 340 g/mol. The van der Waals surface area contributed by atoms with Gasteiger partial charge in [-0.2, -0.15) is 0 Å². The Bertz CT molecular complexity index is 727. The van der Waals surface area contributed by atoms with Crippen molar-refractivity contribution < 1.29 is 19.1 Å². The molecule has 4 nitrogen and oxygen atoms in total. The highest BCUT2D eigenvalue weighted by Gasteiger charge is 2.25. The van der Waals surface area contributed by atoms with Crippen LogP contribution in [-0.2, 0) is 9.47 Å². The van der Waals surface area contributed by atoms with Crippen molar-refractivity contribution in [3.05, 3.63) is 71.8 Å². The van der Waals surface area contributed by atoms with Gasteiger partial charge in [0.05, 0.1) is 17.2 Å². The number of esters is 2. The monoisotopic (exact) mass is 368 g/mol. The second-order valence-corrected chi connectivity index (χ2v) is 7.13. The highest BCUT2D eigenvalue weighted by Crippen LogP contribution is 2.24. The standard InChI is InChI=1S/C23H28O4/c1-16(15-17(2)26-22(24)20-11-7-5-8-12-20)18(3)19(4)27-23(25)21-13-9-6-10-14-21/h5-14,16-19H,15H2,1-4H3. The topological polar surface area (TPSA) is 52.6 Å². The summed E-state index contributed by atoms with van der Waals surface area (Å²) < 4.78 is 11.1.